The van der Waals surface area contributed by atoms with Gasteiger partial charge in [-0.2, -0.15) is 13.2 Å². The van der Waals surface area contributed by atoms with E-state index in [4.69, 9.17) is 0 Å². The second-order valence-electron chi connectivity index (χ2n) is 5.03. The van der Waals surface area contributed by atoms with Crippen molar-refractivity contribution in [1.29, 1.82) is 0 Å². The van der Waals surface area contributed by atoms with Crippen molar-refractivity contribution in [3.05, 3.63) is 29.8 Å². The van der Waals surface area contributed by atoms with Crippen LogP contribution in [0.25, 0.3) is 0 Å². The zero-order chi connectivity index (χ0) is 13.4. The fourth-order valence-corrected chi connectivity index (χ4v) is 2.11. The largest absolute Gasteiger partial charge is 0.416 e. The molecule has 5 heteroatoms. The van der Waals surface area contributed by atoms with Gasteiger partial charge in [0.1, 0.15) is 0 Å². The van der Waals surface area contributed by atoms with E-state index in [1.165, 1.54) is 12.1 Å². The van der Waals surface area contributed by atoms with Crippen molar-refractivity contribution in [2.24, 2.45) is 0 Å². The van der Waals surface area contributed by atoms with Crippen LogP contribution in [0.5, 0.6) is 0 Å². The van der Waals surface area contributed by atoms with Gasteiger partial charge >= 0.3 is 6.18 Å². The van der Waals surface area contributed by atoms with Crippen molar-refractivity contribution < 1.29 is 18.3 Å². The minimum atomic E-state index is -4.29. The molecular formula is C13H16F3NO. The molecule has 100 valence electrons. The van der Waals surface area contributed by atoms with E-state index in [-0.39, 0.29) is 0 Å². The number of piperidine rings is 1. The summed E-state index contributed by atoms with van der Waals surface area (Å²) in [4.78, 5) is 2.00. The van der Waals surface area contributed by atoms with Gasteiger partial charge in [-0.3, -0.25) is 0 Å². The molecule has 0 aliphatic carbocycles. The number of hydrogen-bond acceptors (Lipinski definition) is 2. The summed E-state index contributed by atoms with van der Waals surface area (Å²) in [5.41, 5.74) is -0.503. The lowest BCUT2D eigenvalue weighted by Crippen LogP contribution is -2.42. The summed E-state index contributed by atoms with van der Waals surface area (Å²) in [5.74, 6) is 0. The molecule has 0 saturated carbocycles. The molecule has 0 amide bonds. The first kappa shape index (κ1) is 13.2. The maximum absolute atomic E-state index is 12.4. The van der Waals surface area contributed by atoms with E-state index in [0.29, 0.717) is 25.9 Å². The highest BCUT2D eigenvalue weighted by atomic mass is 19.4. The molecule has 18 heavy (non-hydrogen) atoms. The van der Waals surface area contributed by atoms with Crippen molar-refractivity contribution >= 4 is 5.69 Å². The Morgan fingerprint density at radius 3 is 2.06 bits per heavy atom. The number of alkyl halides is 3. The Balaban J connectivity index is 2.07. The lowest BCUT2D eigenvalue weighted by molar-refractivity contribution is -0.137. The van der Waals surface area contributed by atoms with Crippen molar-refractivity contribution in [3.63, 3.8) is 0 Å². The topological polar surface area (TPSA) is 23.5 Å². The first-order valence-corrected chi connectivity index (χ1v) is 5.93. The second kappa shape index (κ2) is 4.46. The molecule has 2 nitrogen and oxygen atoms in total. The van der Waals surface area contributed by atoms with Gasteiger partial charge in [-0.05, 0) is 44.0 Å². The molecule has 1 heterocycles. The second-order valence-corrected chi connectivity index (χ2v) is 5.03. The molecule has 0 bridgehead atoms. The zero-order valence-electron chi connectivity index (χ0n) is 10.2. The van der Waals surface area contributed by atoms with Crippen LogP contribution in [0.2, 0.25) is 0 Å². The molecule has 1 aromatic carbocycles. The van der Waals surface area contributed by atoms with Crippen LogP contribution < -0.4 is 4.90 Å². The van der Waals surface area contributed by atoms with Gasteiger partial charge in [0.2, 0.25) is 0 Å². The summed E-state index contributed by atoms with van der Waals surface area (Å²) < 4.78 is 37.3. The molecule has 0 spiro atoms. The molecule has 0 aromatic heterocycles. The number of benzene rings is 1. The van der Waals surface area contributed by atoms with Crippen molar-refractivity contribution in [2.45, 2.75) is 31.5 Å². The number of nitrogens with zero attached hydrogens (tertiary/aromatic N) is 1. The van der Waals surface area contributed by atoms with E-state index in [2.05, 4.69) is 0 Å². The van der Waals surface area contributed by atoms with Crippen LogP contribution in [0.3, 0.4) is 0 Å². The van der Waals surface area contributed by atoms with Crippen molar-refractivity contribution in [2.75, 3.05) is 18.0 Å². The van der Waals surface area contributed by atoms with Crippen LogP contribution in [0.4, 0.5) is 18.9 Å². The third-order valence-electron chi connectivity index (χ3n) is 3.40. The van der Waals surface area contributed by atoms with E-state index >= 15 is 0 Å². The van der Waals surface area contributed by atoms with E-state index in [0.717, 1.165) is 17.8 Å². The fraction of sp³-hybridized carbons (Fsp3) is 0.538. The molecular weight excluding hydrogens is 243 g/mol. The highest BCUT2D eigenvalue weighted by Crippen LogP contribution is 2.31. The van der Waals surface area contributed by atoms with Crippen LogP contribution in [-0.4, -0.2) is 23.8 Å². The van der Waals surface area contributed by atoms with E-state index < -0.39 is 17.3 Å². The average Bonchev–Trinajstić information content (AvgIpc) is 2.28. The van der Waals surface area contributed by atoms with Crippen molar-refractivity contribution in [3.8, 4) is 0 Å². The molecule has 1 aliphatic rings. The van der Waals surface area contributed by atoms with Crippen LogP contribution in [-0.2, 0) is 6.18 Å². The molecule has 1 aromatic rings. The number of anilines is 1. The van der Waals surface area contributed by atoms with Gasteiger partial charge in [-0.25, -0.2) is 0 Å². The average molecular weight is 259 g/mol. The highest BCUT2D eigenvalue weighted by Gasteiger charge is 2.31. The third-order valence-corrected chi connectivity index (χ3v) is 3.40. The molecule has 1 N–H and O–H groups in total. The molecule has 2 rings (SSSR count). The molecule has 0 radical (unpaired) electrons. The van der Waals surface area contributed by atoms with E-state index in [1.54, 1.807) is 6.92 Å². The quantitative estimate of drug-likeness (QED) is 0.838. The number of aliphatic hydroxyl groups is 1. The fourth-order valence-electron chi connectivity index (χ4n) is 2.11. The third kappa shape index (κ3) is 2.96. The monoisotopic (exact) mass is 259 g/mol. The standard InChI is InChI=1S/C13H16F3NO/c1-12(18)6-8-17(9-7-12)11-4-2-10(3-5-11)13(14,15)16/h2-5,18H,6-9H2,1H3. The number of rotatable bonds is 1. The predicted octanol–water partition coefficient (Wildman–Crippen LogP) is 3.06. The molecule has 1 aliphatic heterocycles. The number of hydrogen-bond donors (Lipinski definition) is 1. The first-order valence-electron chi connectivity index (χ1n) is 5.93. The molecule has 1 saturated heterocycles. The first-order chi connectivity index (χ1) is 8.28. The summed E-state index contributed by atoms with van der Waals surface area (Å²) in [6, 6.07) is 5.18. The lowest BCUT2D eigenvalue weighted by Gasteiger charge is -2.37. The Morgan fingerprint density at radius 1 is 1.11 bits per heavy atom. The Bertz CT molecular complexity index is 401. The smallest absolute Gasteiger partial charge is 0.390 e. The zero-order valence-corrected chi connectivity index (χ0v) is 10.2. The van der Waals surface area contributed by atoms with Crippen LogP contribution >= 0.6 is 0 Å². The summed E-state index contributed by atoms with van der Waals surface area (Å²) in [5, 5.41) is 9.81. The minimum absolute atomic E-state index is 0.629. The van der Waals surface area contributed by atoms with Gasteiger partial charge < -0.3 is 10.0 Å². The Kier molecular flexibility index (Phi) is 3.27. The van der Waals surface area contributed by atoms with Gasteiger partial charge in [0.05, 0.1) is 11.2 Å². The normalized spacial score (nSPS) is 19.9. The maximum Gasteiger partial charge on any atom is 0.416 e. The van der Waals surface area contributed by atoms with E-state index in [9.17, 15) is 18.3 Å². The van der Waals surface area contributed by atoms with Gasteiger partial charge in [0.15, 0.2) is 0 Å². The van der Waals surface area contributed by atoms with Gasteiger partial charge in [-0.1, -0.05) is 0 Å². The highest BCUT2D eigenvalue weighted by molar-refractivity contribution is 5.48. The summed E-state index contributed by atoms with van der Waals surface area (Å²) in [6.07, 6.45) is -3.02. The Morgan fingerprint density at radius 2 is 1.61 bits per heavy atom. The minimum Gasteiger partial charge on any atom is -0.390 e. The van der Waals surface area contributed by atoms with Gasteiger partial charge in [0.25, 0.3) is 0 Å². The van der Waals surface area contributed by atoms with Gasteiger partial charge in [0, 0.05) is 18.8 Å². The van der Waals surface area contributed by atoms with Crippen LogP contribution in [0.1, 0.15) is 25.3 Å². The summed E-state index contributed by atoms with van der Waals surface area (Å²) in [7, 11) is 0. The SMILES string of the molecule is CC1(O)CCN(c2ccc(C(F)(F)F)cc2)CC1. The number of halogens is 3. The van der Waals surface area contributed by atoms with E-state index in [1.807, 2.05) is 4.90 Å². The van der Waals surface area contributed by atoms with Crippen LogP contribution in [0.15, 0.2) is 24.3 Å². The maximum atomic E-state index is 12.4. The van der Waals surface area contributed by atoms with Gasteiger partial charge in [-0.15, -0.1) is 0 Å². The molecule has 0 unspecified atom stereocenters. The molecule has 0 atom stereocenters. The van der Waals surface area contributed by atoms with Crippen LogP contribution in [0, 0.1) is 0 Å². The van der Waals surface area contributed by atoms with Crippen molar-refractivity contribution in [1.82, 2.24) is 0 Å². The Hall–Kier alpha value is -1.23. The molecule has 1 fully saturated rings. The predicted molar refractivity (Wildman–Crippen MR) is 63.5 cm³/mol. The summed E-state index contributed by atoms with van der Waals surface area (Å²) >= 11 is 0. The summed E-state index contributed by atoms with van der Waals surface area (Å²) in [6.45, 7) is 3.12. The lowest BCUT2D eigenvalue weighted by atomic mass is 9.93. The Labute approximate surface area is 104 Å².